The zero-order valence-corrected chi connectivity index (χ0v) is 17.8. The van der Waals surface area contributed by atoms with Gasteiger partial charge in [0.15, 0.2) is 0 Å². The van der Waals surface area contributed by atoms with E-state index in [1.165, 1.54) is 31.2 Å². The molecule has 0 bridgehead atoms. The summed E-state index contributed by atoms with van der Waals surface area (Å²) in [5.74, 6) is 0.212. The number of fused-ring (bicyclic) bond motifs is 1. The number of carbonyl (C=O) groups excluding carboxylic acids is 1. The van der Waals surface area contributed by atoms with Gasteiger partial charge in [0, 0.05) is 42.8 Å². The molecule has 2 atom stereocenters. The molecule has 160 valence electrons. The lowest BCUT2D eigenvalue weighted by Crippen LogP contribution is -2.67. The topological polar surface area (TPSA) is 79.6 Å². The van der Waals surface area contributed by atoms with Crippen LogP contribution in [0.25, 0.3) is 0 Å². The lowest BCUT2D eigenvalue weighted by atomic mass is 9.85. The van der Waals surface area contributed by atoms with E-state index in [-0.39, 0.29) is 17.5 Å². The van der Waals surface area contributed by atoms with Gasteiger partial charge in [-0.2, -0.15) is 0 Å². The number of nitrogens with zero attached hydrogens (tertiary/aromatic N) is 1. The Labute approximate surface area is 174 Å². The number of anilines is 1. The summed E-state index contributed by atoms with van der Waals surface area (Å²) in [5.41, 5.74) is 8.32. The third kappa shape index (κ3) is 4.22. The quantitative estimate of drug-likeness (QED) is 0.684. The summed E-state index contributed by atoms with van der Waals surface area (Å²) >= 11 is 0. The number of nitrogens with two attached hydrogens (primary N) is 1. The molecule has 0 aromatic heterocycles. The Hall–Kier alpha value is -1.47. The molecular weight excluding hydrogens is 364 g/mol. The number of para-hydroxylation sites is 1. The van der Waals surface area contributed by atoms with Crippen LogP contribution in [0.3, 0.4) is 0 Å². The predicted octanol–water partition coefficient (Wildman–Crippen LogP) is 2.48. The third-order valence-electron chi connectivity index (χ3n) is 6.98. The van der Waals surface area contributed by atoms with Crippen LogP contribution in [0.2, 0.25) is 0 Å². The number of ether oxygens (including phenoxy) is 1. The van der Waals surface area contributed by atoms with Crippen LogP contribution in [-0.2, 0) is 9.53 Å². The Morgan fingerprint density at radius 3 is 2.52 bits per heavy atom. The maximum Gasteiger partial charge on any atom is 0.226 e. The van der Waals surface area contributed by atoms with Gasteiger partial charge in [0.05, 0.1) is 18.8 Å². The van der Waals surface area contributed by atoms with Crippen molar-refractivity contribution >= 4 is 11.6 Å². The van der Waals surface area contributed by atoms with Crippen LogP contribution in [0.1, 0.15) is 64.0 Å². The van der Waals surface area contributed by atoms with Gasteiger partial charge in [-0.1, -0.05) is 25.1 Å². The smallest absolute Gasteiger partial charge is 0.226 e. The molecule has 2 fully saturated rings. The van der Waals surface area contributed by atoms with Crippen LogP contribution < -0.4 is 21.3 Å². The van der Waals surface area contributed by atoms with E-state index in [0.29, 0.717) is 31.1 Å². The van der Waals surface area contributed by atoms with Crippen molar-refractivity contribution in [3.8, 4) is 0 Å². The average Bonchev–Trinajstić information content (AvgIpc) is 2.71. The molecule has 0 unspecified atom stereocenters. The summed E-state index contributed by atoms with van der Waals surface area (Å²) in [5, 5.41) is 7.70. The van der Waals surface area contributed by atoms with Crippen molar-refractivity contribution in [1.82, 2.24) is 10.6 Å². The Bertz CT molecular complexity index is 707. The molecule has 1 aromatic rings. The second kappa shape index (κ2) is 8.72. The molecule has 0 spiro atoms. The molecule has 1 aliphatic carbocycles. The predicted molar refractivity (Wildman–Crippen MR) is 116 cm³/mol. The summed E-state index contributed by atoms with van der Waals surface area (Å²) < 4.78 is 5.39. The van der Waals surface area contributed by atoms with Gasteiger partial charge in [-0.05, 0) is 50.7 Å². The summed E-state index contributed by atoms with van der Waals surface area (Å²) in [6.07, 6.45) is 6.19. The van der Waals surface area contributed by atoms with Gasteiger partial charge in [-0.25, -0.2) is 0 Å². The molecule has 1 amide bonds. The van der Waals surface area contributed by atoms with Crippen molar-refractivity contribution in [2.75, 3.05) is 24.7 Å². The average molecular weight is 401 g/mol. The van der Waals surface area contributed by atoms with Crippen molar-refractivity contribution in [3.63, 3.8) is 0 Å². The van der Waals surface area contributed by atoms with Crippen molar-refractivity contribution in [3.05, 3.63) is 29.8 Å². The Kier molecular flexibility index (Phi) is 6.25. The largest absolute Gasteiger partial charge is 0.377 e. The van der Waals surface area contributed by atoms with E-state index in [0.717, 1.165) is 25.3 Å². The van der Waals surface area contributed by atoms with E-state index >= 15 is 0 Å². The summed E-state index contributed by atoms with van der Waals surface area (Å²) in [6.45, 7) is 6.25. The van der Waals surface area contributed by atoms with Crippen LogP contribution in [0.4, 0.5) is 5.69 Å². The fourth-order valence-corrected chi connectivity index (χ4v) is 5.25. The lowest BCUT2D eigenvalue weighted by molar-refractivity contribution is -0.118. The maximum atomic E-state index is 12.5. The number of rotatable bonds is 6. The van der Waals surface area contributed by atoms with E-state index in [2.05, 4.69) is 35.8 Å². The van der Waals surface area contributed by atoms with Crippen LogP contribution in [-0.4, -0.2) is 49.3 Å². The standard InChI is InChI=1S/C23H36N4O2/c1-3-22(28)27-16(2)12-20(19-6-4-5-7-21(19)27)25-17-8-10-18(11-9-17)26-23(13-24)14-29-15-23/h4-7,16-18,20,25-26H,3,8-15,24H2,1-2H3/t16-,17?,18?,20+/m0/s1. The SMILES string of the molecule is CCC(=O)N1c2ccccc2[C@H](NC2CCC(NC3(CN)COC3)CC2)C[C@@H]1C. The van der Waals surface area contributed by atoms with Gasteiger partial charge in [0.1, 0.15) is 0 Å². The molecule has 29 heavy (non-hydrogen) atoms. The van der Waals surface area contributed by atoms with E-state index in [4.69, 9.17) is 10.5 Å². The maximum absolute atomic E-state index is 12.5. The van der Waals surface area contributed by atoms with Crippen molar-refractivity contribution in [1.29, 1.82) is 0 Å². The van der Waals surface area contributed by atoms with E-state index in [1.54, 1.807) is 0 Å². The number of benzene rings is 1. The minimum absolute atomic E-state index is 0.0119. The molecule has 0 radical (unpaired) electrons. The van der Waals surface area contributed by atoms with Gasteiger partial charge < -0.3 is 26.0 Å². The number of carbonyl (C=O) groups is 1. The van der Waals surface area contributed by atoms with Crippen LogP contribution >= 0.6 is 0 Å². The molecule has 6 heteroatoms. The first-order chi connectivity index (χ1) is 14.0. The highest BCUT2D eigenvalue weighted by molar-refractivity contribution is 5.95. The molecule has 3 aliphatic rings. The van der Waals surface area contributed by atoms with Crippen molar-refractivity contribution in [2.24, 2.45) is 5.73 Å². The monoisotopic (exact) mass is 400 g/mol. The highest BCUT2D eigenvalue weighted by Gasteiger charge is 2.40. The fourth-order valence-electron chi connectivity index (χ4n) is 5.25. The molecule has 4 rings (SSSR count). The molecular formula is C23H36N4O2. The zero-order chi connectivity index (χ0) is 20.4. The van der Waals surface area contributed by atoms with Gasteiger partial charge in [-0.3, -0.25) is 4.79 Å². The number of hydrogen-bond donors (Lipinski definition) is 3. The first kappa shape index (κ1) is 20.8. The van der Waals surface area contributed by atoms with E-state index < -0.39 is 0 Å². The molecule has 6 nitrogen and oxygen atoms in total. The minimum atomic E-state index is 0.0119. The first-order valence-corrected chi connectivity index (χ1v) is 11.3. The van der Waals surface area contributed by atoms with Gasteiger partial charge in [0.2, 0.25) is 5.91 Å². The van der Waals surface area contributed by atoms with E-state index in [9.17, 15) is 4.79 Å². The second-order valence-electron chi connectivity index (χ2n) is 9.15. The summed E-state index contributed by atoms with van der Waals surface area (Å²) in [6, 6.07) is 10.0. The van der Waals surface area contributed by atoms with Gasteiger partial charge in [-0.15, -0.1) is 0 Å². The van der Waals surface area contributed by atoms with E-state index in [1.807, 2.05) is 17.9 Å². The third-order valence-corrected chi connectivity index (χ3v) is 6.98. The number of hydrogen-bond acceptors (Lipinski definition) is 5. The molecule has 2 aliphatic heterocycles. The zero-order valence-electron chi connectivity index (χ0n) is 17.8. The normalized spacial score (nSPS) is 31.1. The van der Waals surface area contributed by atoms with Crippen LogP contribution in [0.5, 0.6) is 0 Å². The highest BCUT2D eigenvalue weighted by Crippen LogP contribution is 2.38. The van der Waals surface area contributed by atoms with Crippen molar-refractivity contribution in [2.45, 2.75) is 82.1 Å². The Morgan fingerprint density at radius 1 is 1.21 bits per heavy atom. The first-order valence-electron chi connectivity index (χ1n) is 11.3. The van der Waals surface area contributed by atoms with Gasteiger partial charge >= 0.3 is 0 Å². The van der Waals surface area contributed by atoms with Crippen molar-refractivity contribution < 1.29 is 9.53 Å². The van der Waals surface area contributed by atoms with Crippen LogP contribution in [0, 0.1) is 0 Å². The summed E-state index contributed by atoms with van der Waals surface area (Å²) in [7, 11) is 0. The fraction of sp³-hybridized carbons (Fsp3) is 0.696. The van der Waals surface area contributed by atoms with Crippen LogP contribution in [0.15, 0.2) is 24.3 Å². The highest BCUT2D eigenvalue weighted by atomic mass is 16.5. The molecule has 1 aromatic carbocycles. The molecule has 4 N–H and O–H groups in total. The summed E-state index contributed by atoms with van der Waals surface area (Å²) in [4.78, 5) is 14.5. The second-order valence-corrected chi connectivity index (χ2v) is 9.15. The molecule has 1 saturated heterocycles. The molecule has 2 heterocycles. The molecule has 1 saturated carbocycles. The Balaban J connectivity index is 1.38. The minimum Gasteiger partial charge on any atom is -0.377 e. The van der Waals surface area contributed by atoms with Gasteiger partial charge in [0.25, 0.3) is 0 Å². The number of amides is 1. The number of nitrogens with one attached hydrogen (secondary N) is 2. The Morgan fingerprint density at radius 2 is 1.90 bits per heavy atom. The lowest BCUT2D eigenvalue weighted by Gasteiger charge is -2.46.